The fraction of sp³-hybridized carbons (Fsp3) is 0.364. The van der Waals surface area contributed by atoms with Crippen molar-refractivity contribution in [1.82, 2.24) is 20.1 Å². The summed E-state index contributed by atoms with van der Waals surface area (Å²) in [4.78, 5) is 19.5. The second-order valence-corrected chi connectivity index (χ2v) is 8.07. The third-order valence-electron chi connectivity index (χ3n) is 5.53. The number of ether oxygens (including phenoxy) is 1. The summed E-state index contributed by atoms with van der Waals surface area (Å²) >= 11 is 0. The van der Waals surface area contributed by atoms with Gasteiger partial charge >= 0.3 is 6.18 Å². The van der Waals surface area contributed by atoms with Crippen LogP contribution in [0.15, 0.2) is 24.3 Å². The maximum absolute atomic E-state index is 13.5. The average molecular weight is 445 g/mol. The molecule has 4 rings (SSSR count). The van der Waals surface area contributed by atoms with Crippen molar-refractivity contribution >= 4 is 22.6 Å². The monoisotopic (exact) mass is 445 g/mol. The molecule has 1 aromatic carbocycles. The Morgan fingerprint density at radius 3 is 2.53 bits per heavy atom. The van der Waals surface area contributed by atoms with Gasteiger partial charge < -0.3 is 15.4 Å². The number of hydrogen-bond donors (Lipinski definition) is 1. The lowest BCUT2D eigenvalue weighted by molar-refractivity contribution is -0.141. The third kappa shape index (κ3) is 3.97. The molecule has 2 N–H and O–H groups in total. The van der Waals surface area contributed by atoms with Gasteiger partial charge in [0, 0.05) is 22.6 Å². The van der Waals surface area contributed by atoms with E-state index in [1.54, 1.807) is 11.0 Å². The van der Waals surface area contributed by atoms with Crippen molar-refractivity contribution in [3.63, 3.8) is 0 Å². The first-order valence-corrected chi connectivity index (χ1v) is 10.1. The van der Waals surface area contributed by atoms with E-state index in [2.05, 4.69) is 15.2 Å². The van der Waals surface area contributed by atoms with E-state index < -0.39 is 11.9 Å². The van der Waals surface area contributed by atoms with E-state index in [1.807, 2.05) is 26.8 Å². The van der Waals surface area contributed by atoms with E-state index in [9.17, 15) is 18.0 Å². The quantitative estimate of drug-likeness (QED) is 0.652. The number of alkyl halides is 3. The molecule has 0 saturated carbocycles. The van der Waals surface area contributed by atoms with Crippen LogP contribution in [-0.4, -0.2) is 32.0 Å². The number of rotatable bonds is 4. The van der Waals surface area contributed by atoms with Crippen molar-refractivity contribution in [3.8, 4) is 0 Å². The Bertz CT molecular complexity index is 1190. The van der Waals surface area contributed by atoms with Gasteiger partial charge in [0.1, 0.15) is 5.82 Å². The van der Waals surface area contributed by atoms with Crippen LogP contribution in [0.3, 0.4) is 0 Å². The van der Waals surface area contributed by atoms with Gasteiger partial charge in [-0.25, -0.2) is 4.98 Å². The normalized spacial score (nSPS) is 13.6. The smallest absolute Gasteiger partial charge is 0.383 e. The Kier molecular flexibility index (Phi) is 5.49. The van der Waals surface area contributed by atoms with Crippen LogP contribution in [0, 0.1) is 6.92 Å². The highest BCUT2D eigenvalue weighted by Gasteiger charge is 2.33. The van der Waals surface area contributed by atoms with Gasteiger partial charge in [-0.15, -0.1) is 5.10 Å². The predicted octanol–water partition coefficient (Wildman–Crippen LogP) is 4.02. The lowest BCUT2D eigenvalue weighted by Crippen LogP contribution is -2.37. The minimum absolute atomic E-state index is 0.0281. The SMILES string of the molecule is Cc1cc2nc(N)c3c(c2cc1C(=O)N(Cc1ccc(C(F)(F)F)nn1)C(C)C)COC3. The Balaban J connectivity index is 1.69. The minimum atomic E-state index is -4.57. The molecule has 2 aromatic heterocycles. The number of nitrogens with zero attached hydrogens (tertiary/aromatic N) is 4. The van der Waals surface area contributed by atoms with Crippen LogP contribution >= 0.6 is 0 Å². The van der Waals surface area contributed by atoms with E-state index in [-0.39, 0.29) is 24.2 Å². The van der Waals surface area contributed by atoms with Crippen LogP contribution in [-0.2, 0) is 30.7 Å². The molecular formula is C22H22F3N5O2. The van der Waals surface area contributed by atoms with Gasteiger partial charge in [-0.2, -0.15) is 18.3 Å². The standard InChI is InChI=1S/C22H22F3N5O2/c1-11(2)30(8-13-4-5-19(29-28-13)22(23,24)25)21(31)14-7-15-16-9-32-10-17(16)20(26)27-18(15)6-12(14)3/h4-7,11H,8-10H2,1-3H3,(H2,26,27). The molecule has 1 aliphatic heterocycles. The number of pyridine rings is 1. The molecule has 0 radical (unpaired) electrons. The number of carbonyl (C=O) groups excluding carboxylic acids is 1. The first-order valence-electron chi connectivity index (χ1n) is 10.1. The number of hydrogen-bond acceptors (Lipinski definition) is 6. The summed E-state index contributed by atoms with van der Waals surface area (Å²) in [7, 11) is 0. The van der Waals surface area contributed by atoms with E-state index in [1.165, 1.54) is 6.07 Å². The summed E-state index contributed by atoms with van der Waals surface area (Å²) in [5, 5.41) is 7.73. The van der Waals surface area contributed by atoms with E-state index in [0.717, 1.165) is 28.1 Å². The van der Waals surface area contributed by atoms with Crippen molar-refractivity contribution in [3.05, 3.63) is 57.9 Å². The van der Waals surface area contributed by atoms with Crippen LogP contribution in [0.1, 0.15) is 52.3 Å². The first kappa shape index (κ1) is 21.9. The van der Waals surface area contributed by atoms with Crippen LogP contribution in [0.25, 0.3) is 10.9 Å². The maximum Gasteiger partial charge on any atom is 0.435 e. The first-order chi connectivity index (χ1) is 15.1. The molecule has 10 heteroatoms. The molecule has 0 aliphatic carbocycles. The molecule has 0 fully saturated rings. The Labute approximate surface area is 182 Å². The topological polar surface area (TPSA) is 94.2 Å². The van der Waals surface area contributed by atoms with Gasteiger partial charge in [0.25, 0.3) is 5.91 Å². The number of nitrogen functional groups attached to an aromatic ring is 1. The number of fused-ring (bicyclic) bond motifs is 3. The number of nitrogens with two attached hydrogens (primary N) is 1. The maximum atomic E-state index is 13.5. The molecule has 168 valence electrons. The molecule has 0 bridgehead atoms. The van der Waals surface area contributed by atoms with Gasteiger partial charge in [-0.1, -0.05) is 0 Å². The van der Waals surface area contributed by atoms with E-state index in [4.69, 9.17) is 10.5 Å². The molecule has 3 aromatic rings. The zero-order chi connectivity index (χ0) is 23.2. The second kappa shape index (κ2) is 8.01. The number of aryl methyl sites for hydroxylation is 1. The van der Waals surface area contributed by atoms with Gasteiger partial charge in [-0.05, 0) is 56.2 Å². The van der Waals surface area contributed by atoms with Crippen molar-refractivity contribution in [2.24, 2.45) is 0 Å². The van der Waals surface area contributed by atoms with Gasteiger partial charge in [0.2, 0.25) is 0 Å². The highest BCUT2D eigenvalue weighted by Crippen LogP contribution is 2.33. The lowest BCUT2D eigenvalue weighted by atomic mass is 9.98. The second-order valence-electron chi connectivity index (χ2n) is 8.07. The van der Waals surface area contributed by atoms with Crippen molar-refractivity contribution in [2.75, 3.05) is 5.73 Å². The highest BCUT2D eigenvalue weighted by atomic mass is 19.4. The Morgan fingerprint density at radius 1 is 1.19 bits per heavy atom. The number of benzene rings is 1. The number of carbonyl (C=O) groups is 1. The summed E-state index contributed by atoms with van der Waals surface area (Å²) in [6.45, 7) is 6.28. The average Bonchev–Trinajstić information content (AvgIpc) is 3.21. The molecule has 1 amide bonds. The zero-order valence-electron chi connectivity index (χ0n) is 17.8. The summed E-state index contributed by atoms with van der Waals surface area (Å²) in [5.41, 5.74) is 8.88. The van der Waals surface area contributed by atoms with Gasteiger partial charge in [-0.3, -0.25) is 4.79 Å². The largest absolute Gasteiger partial charge is 0.435 e. The summed E-state index contributed by atoms with van der Waals surface area (Å²) in [6.07, 6.45) is -4.57. The molecule has 0 unspecified atom stereocenters. The molecule has 32 heavy (non-hydrogen) atoms. The lowest BCUT2D eigenvalue weighted by Gasteiger charge is -2.27. The number of amides is 1. The number of halogens is 3. The van der Waals surface area contributed by atoms with Crippen LogP contribution < -0.4 is 5.73 Å². The molecule has 0 spiro atoms. The summed E-state index contributed by atoms with van der Waals surface area (Å²) < 4.78 is 43.8. The van der Waals surface area contributed by atoms with Crippen molar-refractivity contribution < 1.29 is 22.7 Å². The molecule has 7 nitrogen and oxygen atoms in total. The van der Waals surface area contributed by atoms with E-state index in [0.29, 0.717) is 30.1 Å². The molecular weight excluding hydrogens is 423 g/mol. The Hall–Kier alpha value is -3.27. The van der Waals surface area contributed by atoms with Gasteiger partial charge in [0.05, 0.1) is 31.0 Å². The van der Waals surface area contributed by atoms with Crippen LogP contribution in [0.4, 0.5) is 19.0 Å². The number of aromatic nitrogens is 3. The molecule has 1 aliphatic rings. The van der Waals surface area contributed by atoms with Crippen LogP contribution in [0.5, 0.6) is 0 Å². The third-order valence-corrected chi connectivity index (χ3v) is 5.53. The molecule has 3 heterocycles. The fourth-order valence-corrected chi connectivity index (χ4v) is 3.77. The zero-order valence-corrected chi connectivity index (χ0v) is 17.8. The molecule has 0 saturated heterocycles. The van der Waals surface area contributed by atoms with Crippen LogP contribution in [0.2, 0.25) is 0 Å². The van der Waals surface area contributed by atoms with Crippen molar-refractivity contribution in [2.45, 2.75) is 52.7 Å². The molecule has 0 atom stereocenters. The summed E-state index contributed by atoms with van der Waals surface area (Å²) in [5.74, 6) is 0.166. The van der Waals surface area contributed by atoms with Crippen molar-refractivity contribution in [1.29, 1.82) is 0 Å². The van der Waals surface area contributed by atoms with E-state index >= 15 is 0 Å². The fourth-order valence-electron chi connectivity index (χ4n) is 3.77. The summed E-state index contributed by atoms with van der Waals surface area (Å²) in [6, 6.07) is 5.49. The number of anilines is 1. The highest BCUT2D eigenvalue weighted by molar-refractivity contribution is 6.01. The van der Waals surface area contributed by atoms with Gasteiger partial charge in [0.15, 0.2) is 5.69 Å². The minimum Gasteiger partial charge on any atom is -0.383 e. The Morgan fingerprint density at radius 2 is 1.91 bits per heavy atom. The predicted molar refractivity (Wildman–Crippen MR) is 111 cm³/mol.